The van der Waals surface area contributed by atoms with Crippen molar-refractivity contribution in [1.29, 1.82) is 0 Å². The second-order valence-corrected chi connectivity index (χ2v) is 5.51. The van der Waals surface area contributed by atoms with Crippen molar-refractivity contribution in [1.82, 2.24) is 0 Å². The van der Waals surface area contributed by atoms with E-state index >= 15 is 0 Å². The van der Waals surface area contributed by atoms with E-state index < -0.39 is 7.25 Å². The summed E-state index contributed by atoms with van der Waals surface area (Å²) in [4.78, 5) is 0. The van der Waals surface area contributed by atoms with Crippen LogP contribution in [-0.2, 0) is 0 Å². The molecule has 4 aromatic rings. The molecule has 1 nitrogen and oxygen atoms in total. The van der Waals surface area contributed by atoms with E-state index in [-0.39, 0.29) is 0 Å². The smallest absolute Gasteiger partial charge is 0.418 e. The minimum atomic E-state index is -6.00. The summed E-state index contributed by atoms with van der Waals surface area (Å²) in [6.45, 7) is 0. The zero-order chi connectivity index (χ0) is 17.9. The molecule has 2 aromatic heterocycles. The van der Waals surface area contributed by atoms with Gasteiger partial charge in [0.15, 0.2) is 12.4 Å². The molecule has 0 fully saturated rings. The molecule has 0 saturated heterocycles. The molecule has 0 aliphatic carbocycles. The number of nitrogens with zero attached hydrogens (tertiary/aromatic N) is 1. The van der Waals surface area contributed by atoms with Gasteiger partial charge in [-0.15, -0.1) is 0 Å². The number of halogens is 4. The van der Waals surface area contributed by atoms with Crippen molar-refractivity contribution in [3.63, 3.8) is 0 Å². The second-order valence-electron chi connectivity index (χ2n) is 5.51. The summed E-state index contributed by atoms with van der Waals surface area (Å²) in [6, 6.07) is 25.6. The normalized spacial score (nSPS) is 11.2. The van der Waals surface area contributed by atoms with Crippen LogP contribution < -0.4 is 4.40 Å². The molecule has 0 saturated carbocycles. The summed E-state index contributed by atoms with van der Waals surface area (Å²) in [6.07, 6.45) is 4.26. The zero-order valence-corrected chi connectivity index (χ0v) is 13.1. The first-order valence-corrected chi connectivity index (χ1v) is 7.67. The zero-order valence-electron chi connectivity index (χ0n) is 13.1. The predicted molar refractivity (Wildman–Crippen MR) is 92.7 cm³/mol. The molecule has 2 aromatic carbocycles. The third-order valence-corrected chi connectivity index (χ3v) is 3.70. The van der Waals surface area contributed by atoms with Crippen LogP contribution in [0.3, 0.4) is 0 Å². The van der Waals surface area contributed by atoms with E-state index in [1.165, 1.54) is 27.4 Å². The molecule has 126 valence electrons. The highest BCUT2D eigenvalue weighted by atomic mass is 19.5. The van der Waals surface area contributed by atoms with Crippen LogP contribution in [0, 0.1) is 0 Å². The molecule has 6 heteroatoms. The Bertz CT molecular complexity index is 994. The fourth-order valence-electron chi connectivity index (χ4n) is 2.65. The number of benzene rings is 2. The molecule has 0 bridgehead atoms. The Balaban J connectivity index is 0.000000324. The summed E-state index contributed by atoms with van der Waals surface area (Å²) in [5.74, 6) is 0. The summed E-state index contributed by atoms with van der Waals surface area (Å²) in [7, 11) is -6.00. The van der Waals surface area contributed by atoms with Crippen molar-refractivity contribution >= 4 is 23.5 Å². The number of hydrogen-bond acceptors (Lipinski definition) is 0. The molecule has 0 aliphatic heterocycles. The largest absolute Gasteiger partial charge is 0.673 e. The van der Waals surface area contributed by atoms with E-state index in [1.54, 1.807) is 0 Å². The maximum Gasteiger partial charge on any atom is 0.673 e. The summed E-state index contributed by atoms with van der Waals surface area (Å²) in [5.41, 5.74) is 3.74. The summed E-state index contributed by atoms with van der Waals surface area (Å²) < 4.78 is 41.2. The van der Waals surface area contributed by atoms with Crippen LogP contribution in [0.4, 0.5) is 17.3 Å². The Morgan fingerprint density at radius 3 is 2.04 bits per heavy atom. The lowest BCUT2D eigenvalue weighted by atomic mass is 10.0. The fourth-order valence-corrected chi connectivity index (χ4v) is 2.65. The highest BCUT2D eigenvalue weighted by Crippen LogP contribution is 2.24. The van der Waals surface area contributed by atoms with Gasteiger partial charge in [0.25, 0.3) is 0 Å². The van der Waals surface area contributed by atoms with Crippen molar-refractivity contribution < 1.29 is 21.7 Å². The van der Waals surface area contributed by atoms with Gasteiger partial charge < -0.3 is 17.3 Å². The van der Waals surface area contributed by atoms with E-state index in [4.69, 9.17) is 0 Å². The number of rotatable bonds is 1. The van der Waals surface area contributed by atoms with Crippen LogP contribution in [0.5, 0.6) is 0 Å². The third kappa shape index (κ3) is 4.56. The first kappa shape index (κ1) is 17.0. The average molecular weight is 343 g/mol. The predicted octanol–water partition coefficient (Wildman–Crippen LogP) is 5.55. The molecule has 0 unspecified atom stereocenters. The SMILES string of the molecule is F[B-](F)(F)F.c1ccc(-c2ccc3c[n+]4ccccc4cc3c2)cc1. The van der Waals surface area contributed by atoms with E-state index in [1.807, 2.05) is 0 Å². The molecule has 0 atom stereocenters. The van der Waals surface area contributed by atoms with Gasteiger partial charge in [0, 0.05) is 23.6 Å². The highest BCUT2D eigenvalue weighted by molar-refractivity contribution is 6.50. The molecular formula is C19H14BF4N. The number of aromatic nitrogens is 1. The van der Waals surface area contributed by atoms with Crippen LogP contribution in [0.25, 0.3) is 27.4 Å². The van der Waals surface area contributed by atoms with Gasteiger partial charge >= 0.3 is 7.25 Å². The van der Waals surface area contributed by atoms with Gasteiger partial charge in [-0.1, -0.05) is 36.4 Å². The number of hydrogen-bond donors (Lipinski definition) is 0. The Labute approximate surface area is 142 Å². The molecular weight excluding hydrogens is 329 g/mol. The van der Waals surface area contributed by atoms with Gasteiger partial charge in [-0.3, -0.25) is 0 Å². The first-order valence-electron chi connectivity index (χ1n) is 7.67. The van der Waals surface area contributed by atoms with E-state index in [0.717, 1.165) is 0 Å². The van der Waals surface area contributed by atoms with Crippen molar-refractivity contribution in [2.75, 3.05) is 0 Å². The van der Waals surface area contributed by atoms with Crippen LogP contribution >= 0.6 is 0 Å². The third-order valence-electron chi connectivity index (χ3n) is 3.70. The van der Waals surface area contributed by atoms with E-state index in [2.05, 4.69) is 89.6 Å². The maximum absolute atomic E-state index is 9.75. The van der Waals surface area contributed by atoms with E-state index in [0.29, 0.717) is 0 Å². The van der Waals surface area contributed by atoms with Crippen LogP contribution in [0.15, 0.2) is 85.2 Å². The average Bonchev–Trinajstić information content (AvgIpc) is 2.59. The maximum atomic E-state index is 9.75. The molecule has 0 amide bonds. The standard InChI is InChI=1S/C19H14N.BF4/c1-2-6-15(7-3-1)16-9-10-17-14-20-11-5-4-8-19(20)13-18(17)12-16;2-1(3,4)5/h1-14H;/q+1;-1. The molecule has 0 radical (unpaired) electrons. The monoisotopic (exact) mass is 343 g/mol. The minimum absolute atomic E-state index is 1.21. The molecule has 25 heavy (non-hydrogen) atoms. The fraction of sp³-hybridized carbons (Fsp3) is 0. The van der Waals surface area contributed by atoms with Gasteiger partial charge in [-0.2, -0.15) is 4.40 Å². The van der Waals surface area contributed by atoms with Crippen molar-refractivity contribution in [2.45, 2.75) is 0 Å². The molecule has 2 heterocycles. The molecule has 0 aliphatic rings. The van der Waals surface area contributed by atoms with E-state index in [9.17, 15) is 17.3 Å². The van der Waals surface area contributed by atoms with Crippen molar-refractivity contribution in [3.05, 3.63) is 85.2 Å². The van der Waals surface area contributed by atoms with Gasteiger partial charge in [-0.25, -0.2) is 0 Å². The summed E-state index contributed by atoms with van der Waals surface area (Å²) >= 11 is 0. The number of fused-ring (bicyclic) bond motifs is 2. The Kier molecular flexibility index (Phi) is 4.70. The Morgan fingerprint density at radius 1 is 0.640 bits per heavy atom. The van der Waals surface area contributed by atoms with Gasteiger partial charge in [0.05, 0.1) is 0 Å². The summed E-state index contributed by atoms with van der Waals surface area (Å²) in [5, 5.41) is 2.53. The van der Waals surface area contributed by atoms with Crippen LogP contribution in [0.2, 0.25) is 0 Å². The van der Waals surface area contributed by atoms with Gasteiger partial charge in [0.2, 0.25) is 5.52 Å². The Morgan fingerprint density at radius 2 is 1.32 bits per heavy atom. The van der Waals surface area contributed by atoms with Crippen LogP contribution in [-0.4, -0.2) is 7.25 Å². The first-order chi connectivity index (χ1) is 11.9. The quantitative estimate of drug-likeness (QED) is 0.185. The molecule has 0 N–H and O–H groups in total. The lowest BCUT2D eigenvalue weighted by Crippen LogP contribution is -2.19. The second kappa shape index (κ2) is 6.93. The Hall–Kier alpha value is -2.89. The van der Waals surface area contributed by atoms with Gasteiger partial charge in [-0.05, 0) is 34.7 Å². The lowest BCUT2D eigenvalue weighted by molar-refractivity contribution is -0.510. The van der Waals surface area contributed by atoms with Crippen molar-refractivity contribution in [3.8, 4) is 11.1 Å². The lowest BCUT2D eigenvalue weighted by Gasteiger charge is -2.03. The van der Waals surface area contributed by atoms with Gasteiger partial charge in [0.1, 0.15) is 0 Å². The van der Waals surface area contributed by atoms with Crippen molar-refractivity contribution in [2.24, 2.45) is 0 Å². The molecule has 4 rings (SSSR count). The number of pyridine rings is 2. The van der Waals surface area contributed by atoms with Crippen LogP contribution in [0.1, 0.15) is 0 Å². The highest BCUT2D eigenvalue weighted by Gasteiger charge is 2.20. The topological polar surface area (TPSA) is 4.10 Å². The minimum Gasteiger partial charge on any atom is -0.418 e. The molecule has 0 spiro atoms.